The Kier molecular flexibility index (Phi) is 3.24. The third kappa shape index (κ3) is 3.97. The van der Waals surface area contributed by atoms with Crippen molar-refractivity contribution in [2.75, 3.05) is 0 Å². The van der Waals surface area contributed by atoms with Crippen LogP contribution in [0.15, 0.2) is 0 Å². The topological polar surface area (TPSA) is 54.4 Å². The van der Waals surface area contributed by atoms with Crippen LogP contribution in [0.3, 0.4) is 0 Å². The quantitative estimate of drug-likeness (QED) is 0.608. The van der Waals surface area contributed by atoms with E-state index in [-0.39, 0.29) is 6.42 Å². The van der Waals surface area contributed by atoms with Crippen molar-refractivity contribution in [2.24, 2.45) is 5.92 Å². The van der Waals surface area contributed by atoms with Crippen molar-refractivity contribution in [3.63, 3.8) is 0 Å². The number of halogens is 1. The van der Waals surface area contributed by atoms with Gasteiger partial charge in [-0.1, -0.05) is 6.92 Å². The number of carbonyl (C=O) groups is 2. The van der Waals surface area contributed by atoms with E-state index in [9.17, 15) is 9.59 Å². The van der Waals surface area contributed by atoms with Gasteiger partial charge in [-0.05, 0) is 11.6 Å². The Hall–Kier alpha value is -0.570. The van der Waals surface area contributed by atoms with Gasteiger partial charge in [0.2, 0.25) is 5.24 Å². The maximum atomic E-state index is 10.2. The molecule has 0 aromatic rings. The average molecular weight is 151 g/mol. The molecule has 3 nitrogen and oxygen atoms in total. The Labute approximate surface area is 57.6 Å². The number of hydrogen-bond donors (Lipinski definition) is 1. The molecule has 1 atom stereocenters. The molecule has 0 aliphatic heterocycles. The van der Waals surface area contributed by atoms with Gasteiger partial charge >= 0.3 is 5.97 Å². The Morgan fingerprint density at radius 3 is 2.22 bits per heavy atom. The van der Waals surface area contributed by atoms with Gasteiger partial charge < -0.3 is 5.11 Å². The van der Waals surface area contributed by atoms with Crippen molar-refractivity contribution >= 4 is 22.8 Å². The van der Waals surface area contributed by atoms with Crippen LogP contribution >= 0.6 is 11.6 Å². The van der Waals surface area contributed by atoms with E-state index in [1.807, 2.05) is 0 Å². The predicted octanol–water partition coefficient (Wildman–Crippen LogP) is 0.863. The Morgan fingerprint density at radius 2 is 2.11 bits per heavy atom. The van der Waals surface area contributed by atoms with Crippen LogP contribution in [0.5, 0.6) is 0 Å². The van der Waals surface area contributed by atoms with Gasteiger partial charge in [0.1, 0.15) is 0 Å². The molecule has 52 valence electrons. The van der Waals surface area contributed by atoms with Crippen molar-refractivity contribution in [2.45, 2.75) is 13.3 Å². The summed E-state index contributed by atoms with van der Waals surface area (Å²) >= 11 is 4.97. The summed E-state index contributed by atoms with van der Waals surface area (Å²) in [5, 5.41) is 7.52. The van der Waals surface area contributed by atoms with E-state index in [1.165, 1.54) is 6.92 Å². The first-order valence-electron chi connectivity index (χ1n) is 2.45. The van der Waals surface area contributed by atoms with Crippen molar-refractivity contribution in [3.8, 4) is 0 Å². The lowest BCUT2D eigenvalue weighted by Crippen LogP contribution is -2.09. The highest BCUT2D eigenvalue weighted by molar-refractivity contribution is 6.64. The van der Waals surface area contributed by atoms with E-state index >= 15 is 0 Å². The van der Waals surface area contributed by atoms with E-state index in [0.29, 0.717) is 0 Å². The first kappa shape index (κ1) is 8.43. The zero-order valence-electron chi connectivity index (χ0n) is 4.93. The maximum Gasteiger partial charge on any atom is 0.304 e. The minimum atomic E-state index is -1.00. The summed E-state index contributed by atoms with van der Waals surface area (Å²) in [6.07, 6.45) is -0.192. The fraction of sp³-hybridized carbons (Fsp3) is 0.600. The molecule has 1 N–H and O–H groups in total. The van der Waals surface area contributed by atoms with Crippen LogP contribution in [0, 0.1) is 5.92 Å². The number of carboxylic acid groups (broad SMARTS) is 1. The molecule has 0 aliphatic rings. The fourth-order valence-electron chi connectivity index (χ4n) is 0.342. The van der Waals surface area contributed by atoms with Gasteiger partial charge in [0.05, 0.1) is 6.42 Å². The molecule has 9 heavy (non-hydrogen) atoms. The van der Waals surface area contributed by atoms with Gasteiger partial charge in [-0.15, -0.1) is 0 Å². The zero-order valence-corrected chi connectivity index (χ0v) is 5.68. The van der Waals surface area contributed by atoms with Crippen LogP contribution in [0.4, 0.5) is 0 Å². The highest BCUT2D eigenvalue weighted by Crippen LogP contribution is 2.04. The first-order valence-corrected chi connectivity index (χ1v) is 2.83. The van der Waals surface area contributed by atoms with Crippen LogP contribution < -0.4 is 0 Å². The number of rotatable bonds is 3. The van der Waals surface area contributed by atoms with Crippen LogP contribution in [-0.4, -0.2) is 16.3 Å². The third-order valence-corrected chi connectivity index (χ3v) is 1.24. The van der Waals surface area contributed by atoms with E-state index in [4.69, 9.17) is 16.7 Å². The van der Waals surface area contributed by atoms with Gasteiger partial charge in [0, 0.05) is 5.92 Å². The highest BCUT2D eigenvalue weighted by atomic mass is 35.5. The molecule has 0 amide bonds. The monoisotopic (exact) mass is 150 g/mol. The molecule has 0 aliphatic carbocycles. The van der Waals surface area contributed by atoms with E-state index in [2.05, 4.69) is 0 Å². The number of aliphatic carboxylic acids is 1. The molecule has 0 radical (unpaired) electrons. The van der Waals surface area contributed by atoms with Crippen LogP contribution in [0.1, 0.15) is 13.3 Å². The minimum Gasteiger partial charge on any atom is -0.481 e. The summed E-state index contributed by atoms with van der Waals surface area (Å²) in [7, 11) is 0. The largest absolute Gasteiger partial charge is 0.481 e. The molecular weight excluding hydrogens is 144 g/mol. The Balaban J connectivity index is 3.63. The van der Waals surface area contributed by atoms with Crippen LogP contribution in [0.2, 0.25) is 0 Å². The molecule has 0 unspecified atom stereocenters. The Morgan fingerprint density at radius 1 is 1.67 bits per heavy atom. The lowest BCUT2D eigenvalue weighted by molar-refractivity contribution is -0.139. The van der Waals surface area contributed by atoms with E-state index < -0.39 is 17.1 Å². The maximum absolute atomic E-state index is 10.2. The second-order valence-corrected chi connectivity index (χ2v) is 2.18. The van der Waals surface area contributed by atoms with Crippen molar-refractivity contribution in [3.05, 3.63) is 0 Å². The van der Waals surface area contributed by atoms with Crippen molar-refractivity contribution in [1.82, 2.24) is 0 Å². The second kappa shape index (κ2) is 3.45. The molecule has 0 rings (SSSR count). The summed E-state index contributed by atoms with van der Waals surface area (Å²) in [4.78, 5) is 20.1. The van der Waals surface area contributed by atoms with E-state index in [1.54, 1.807) is 0 Å². The Bertz CT molecular complexity index is 132. The summed E-state index contributed by atoms with van der Waals surface area (Å²) < 4.78 is 0. The SMILES string of the molecule is C[C@@H](CC(=O)O)C(=O)Cl. The molecule has 0 fully saturated rings. The molecule has 4 heteroatoms. The number of hydrogen-bond acceptors (Lipinski definition) is 2. The van der Waals surface area contributed by atoms with Crippen molar-refractivity contribution < 1.29 is 14.7 Å². The lowest BCUT2D eigenvalue weighted by Gasteiger charge is -1.98. The second-order valence-electron chi connectivity index (χ2n) is 1.80. The highest BCUT2D eigenvalue weighted by Gasteiger charge is 2.12. The predicted molar refractivity (Wildman–Crippen MR) is 32.3 cm³/mol. The molecule has 0 aromatic carbocycles. The van der Waals surface area contributed by atoms with Gasteiger partial charge in [-0.3, -0.25) is 9.59 Å². The molecule has 0 aromatic heterocycles. The van der Waals surface area contributed by atoms with Crippen molar-refractivity contribution in [1.29, 1.82) is 0 Å². The van der Waals surface area contributed by atoms with Crippen LogP contribution in [-0.2, 0) is 9.59 Å². The van der Waals surface area contributed by atoms with Crippen LogP contribution in [0.25, 0.3) is 0 Å². The molecule has 0 saturated carbocycles. The fourth-order valence-corrected chi connectivity index (χ4v) is 0.419. The average Bonchev–Trinajstić information content (AvgIpc) is 1.63. The number of carbonyl (C=O) groups excluding carboxylic acids is 1. The molecule has 0 spiro atoms. The van der Waals surface area contributed by atoms with Gasteiger partial charge in [0.25, 0.3) is 0 Å². The van der Waals surface area contributed by atoms with Gasteiger partial charge in [-0.2, -0.15) is 0 Å². The van der Waals surface area contributed by atoms with Gasteiger partial charge in [0.15, 0.2) is 0 Å². The summed E-state index contributed by atoms with van der Waals surface area (Å²) in [6.45, 7) is 1.48. The van der Waals surface area contributed by atoms with Gasteiger partial charge in [-0.25, -0.2) is 0 Å². The number of carboxylic acids is 1. The molecular formula is C5H7ClO3. The normalized spacial score (nSPS) is 12.7. The third-order valence-electron chi connectivity index (χ3n) is 0.868. The molecule has 0 saturated heterocycles. The standard InChI is InChI=1S/C5H7ClO3/c1-3(5(6)9)2-4(7)8/h3H,2H2,1H3,(H,7,8)/t3-/m0/s1. The molecule has 0 heterocycles. The summed E-state index contributed by atoms with van der Waals surface area (Å²) in [5.74, 6) is -1.58. The first-order chi connectivity index (χ1) is 4.04. The zero-order chi connectivity index (χ0) is 7.44. The molecule has 0 bridgehead atoms. The lowest BCUT2D eigenvalue weighted by atomic mass is 10.1. The minimum absolute atomic E-state index is 0.192. The van der Waals surface area contributed by atoms with E-state index in [0.717, 1.165) is 0 Å². The smallest absolute Gasteiger partial charge is 0.304 e. The summed E-state index contributed by atoms with van der Waals surface area (Å²) in [6, 6.07) is 0. The summed E-state index contributed by atoms with van der Waals surface area (Å²) in [5.41, 5.74) is 0.